The molecule has 0 atom stereocenters. The third-order valence-corrected chi connectivity index (χ3v) is 4.45. The number of hydrogen-bond acceptors (Lipinski definition) is 4. The van der Waals surface area contributed by atoms with Crippen molar-refractivity contribution in [3.05, 3.63) is 35.9 Å². The predicted molar refractivity (Wildman–Crippen MR) is 117 cm³/mol. The minimum atomic E-state index is -0.356. The maximum atomic E-state index is 12.5. The molecule has 0 saturated heterocycles. The Morgan fingerprint density at radius 2 is 1.73 bits per heavy atom. The van der Waals surface area contributed by atoms with Crippen molar-refractivity contribution in [2.45, 2.75) is 26.2 Å². The summed E-state index contributed by atoms with van der Waals surface area (Å²) in [6, 6.07) is 3.16. The molecular formula is C20H29N7O3. The molecule has 0 aliphatic heterocycles. The zero-order chi connectivity index (χ0) is 22.1. The van der Waals surface area contributed by atoms with E-state index >= 15 is 0 Å². The number of unbranched alkanes of at least 4 members (excludes halogenated alkanes) is 1. The second kappa shape index (κ2) is 10.8. The molecule has 2 heterocycles. The van der Waals surface area contributed by atoms with Gasteiger partial charge < -0.3 is 30.8 Å². The minimum absolute atomic E-state index is 0.268. The molecule has 2 aromatic heterocycles. The Labute approximate surface area is 175 Å². The van der Waals surface area contributed by atoms with Gasteiger partial charge in [0.05, 0.1) is 17.2 Å². The average Bonchev–Trinajstić information content (AvgIpc) is 3.24. The van der Waals surface area contributed by atoms with Crippen LogP contribution >= 0.6 is 0 Å². The third kappa shape index (κ3) is 6.23. The number of carbonyl (C=O) groups excluding carboxylic acids is 3. The van der Waals surface area contributed by atoms with E-state index in [0.29, 0.717) is 54.5 Å². The van der Waals surface area contributed by atoms with Gasteiger partial charge in [-0.1, -0.05) is 13.3 Å². The zero-order valence-corrected chi connectivity index (χ0v) is 17.6. The molecule has 3 amide bonds. The fraction of sp³-hybridized carbons (Fsp3) is 0.400. The maximum absolute atomic E-state index is 12.5. The van der Waals surface area contributed by atoms with E-state index in [4.69, 9.17) is 5.73 Å². The molecule has 30 heavy (non-hydrogen) atoms. The van der Waals surface area contributed by atoms with Gasteiger partial charge in [0.15, 0.2) is 0 Å². The van der Waals surface area contributed by atoms with Gasteiger partial charge in [0, 0.05) is 46.0 Å². The molecule has 0 aromatic carbocycles. The van der Waals surface area contributed by atoms with Crippen molar-refractivity contribution < 1.29 is 14.4 Å². The smallest absolute Gasteiger partial charge is 0.272 e. The molecule has 2 rings (SSSR count). The Balaban J connectivity index is 1.94. The second-order valence-electron chi connectivity index (χ2n) is 6.90. The van der Waals surface area contributed by atoms with Crippen LogP contribution in [0, 0.1) is 0 Å². The number of aryl methyl sites for hydroxylation is 2. The molecule has 0 saturated carbocycles. The van der Waals surface area contributed by atoms with Crippen molar-refractivity contribution in [2.24, 2.45) is 24.8 Å². The molecule has 5 N–H and O–H groups in total. The quantitative estimate of drug-likeness (QED) is 0.191. The maximum Gasteiger partial charge on any atom is 0.272 e. The molecule has 0 radical (unpaired) electrons. The highest BCUT2D eigenvalue weighted by Gasteiger charge is 2.16. The van der Waals surface area contributed by atoms with Crippen LogP contribution < -0.4 is 21.7 Å². The van der Waals surface area contributed by atoms with E-state index in [0.717, 1.165) is 12.8 Å². The molecule has 0 aliphatic carbocycles. The lowest BCUT2D eigenvalue weighted by Crippen LogP contribution is -2.29. The highest BCUT2D eigenvalue weighted by molar-refractivity contribution is 6.05. The Hall–Kier alpha value is -3.56. The van der Waals surface area contributed by atoms with Crippen LogP contribution in [0.15, 0.2) is 29.5 Å². The van der Waals surface area contributed by atoms with E-state index in [-0.39, 0.29) is 11.8 Å². The van der Waals surface area contributed by atoms with Crippen LogP contribution in [0.2, 0.25) is 0 Å². The van der Waals surface area contributed by atoms with Crippen molar-refractivity contribution >= 4 is 35.4 Å². The predicted octanol–water partition coefficient (Wildman–Crippen LogP) is 1.46. The van der Waals surface area contributed by atoms with Gasteiger partial charge in [0.1, 0.15) is 11.4 Å². The average molecular weight is 415 g/mol. The first-order valence-electron chi connectivity index (χ1n) is 9.77. The normalized spacial score (nSPS) is 11.2. The van der Waals surface area contributed by atoms with Crippen LogP contribution in [0.1, 0.15) is 47.2 Å². The van der Waals surface area contributed by atoms with Gasteiger partial charge in [-0.05, 0) is 18.6 Å². The van der Waals surface area contributed by atoms with Crippen LogP contribution in [0.25, 0.3) is 0 Å². The highest BCUT2D eigenvalue weighted by atomic mass is 16.2. The Kier molecular flexibility index (Phi) is 8.21. The van der Waals surface area contributed by atoms with Crippen molar-refractivity contribution in [1.29, 1.82) is 0 Å². The number of nitrogens with zero attached hydrogens (tertiary/aromatic N) is 3. The number of carbonyl (C=O) groups is 3. The van der Waals surface area contributed by atoms with Gasteiger partial charge >= 0.3 is 0 Å². The topological polar surface area (TPSA) is 136 Å². The van der Waals surface area contributed by atoms with Gasteiger partial charge in [0.2, 0.25) is 6.41 Å². The number of aliphatic imine (C=N–C) groups is 1. The number of nitrogens with two attached hydrogens (primary N) is 1. The number of hydrogen-bond donors (Lipinski definition) is 4. The SMILES string of the molecule is CCCCN=C(N)CCNC(=O)c1cc(NC(=O)c2cc(NC=O)cn2C)cn1C. The highest BCUT2D eigenvalue weighted by Crippen LogP contribution is 2.17. The largest absolute Gasteiger partial charge is 0.387 e. The van der Waals surface area contributed by atoms with Crippen LogP contribution in [0.5, 0.6) is 0 Å². The van der Waals surface area contributed by atoms with Crippen molar-refractivity contribution in [3.8, 4) is 0 Å². The van der Waals surface area contributed by atoms with Crippen molar-refractivity contribution in [2.75, 3.05) is 23.7 Å². The first kappa shape index (κ1) is 22.7. The van der Waals surface area contributed by atoms with E-state index in [1.807, 2.05) is 0 Å². The number of aromatic nitrogens is 2. The van der Waals surface area contributed by atoms with E-state index in [9.17, 15) is 14.4 Å². The molecule has 162 valence electrons. The molecule has 0 aliphatic rings. The first-order chi connectivity index (χ1) is 14.3. The Bertz CT molecular complexity index is 927. The lowest BCUT2D eigenvalue weighted by atomic mass is 10.3. The fourth-order valence-electron chi connectivity index (χ4n) is 2.85. The number of rotatable bonds is 11. The summed E-state index contributed by atoms with van der Waals surface area (Å²) >= 11 is 0. The minimum Gasteiger partial charge on any atom is -0.387 e. The fourth-order valence-corrected chi connectivity index (χ4v) is 2.85. The number of anilines is 2. The third-order valence-electron chi connectivity index (χ3n) is 4.45. The lowest BCUT2D eigenvalue weighted by molar-refractivity contribution is -0.105. The summed E-state index contributed by atoms with van der Waals surface area (Å²) < 4.78 is 3.23. The molecule has 0 fully saturated rings. The van der Waals surface area contributed by atoms with E-state index in [1.54, 1.807) is 47.8 Å². The van der Waals surface area contributed by atoms with Crippen molar-refractivity contribution in [1.82, 2.24) is 14.5 Å². The zero-order valence-electron chi connectivity index (χ0n) is 17.6. The molecule has 0 unspecified atom stereocenters. The number of nitrogens with one attached hydrogen (secondary N) is 3. The molecule has 10 nitrogen and oxygen atoms in total. The van der Waals surface area contributed by atoms with E-state index in [2.05, 4.69) is 27.9 Å². The summed E-state index contributed by atoms with van der Waals surface area (Å²) in [4.78, 5) is 39.8. The molecule has 2 aromatic rings. The monoisotopic (exact) mass is 415 g/mol. The van der Waals surface area contributed by atoms with Gasteiger partial charge in [0.25, 0.3) is 11.8 Å². The summed E-state index contributed by atoms with van der Waals surface area (Å²) in [6.45, 7) is 3.17. The summed E-state index contributed by atoms with van der Waals surface area (Å²) in [5.41, 5.74) is 7.61. The van der Waals surface area contributed by atoms with Crippen LogP contribution in [0.4, 0.5) is 11.4 Å². The van der Waals surface area contributed by atoms with E-state index < -0.39 is 0 Å². The number of amidine groups is 1. The summed E-state index contributed by atoms with van der Waals surface area (Å²) in [5, 5.41) is 8.07. The van der Waals surface area contributed by atoms with Gasteiger partial charge in [-0.25, -0.2) is 0 Å². The van der Waals surface area contributed by atoms with Crippen LogP contribution in [-0.2, 0) is 18.9 Å². The Morgan fingerprint density at radius 3 is 2.40 bits per heavy atom. The molecule has 0 bridgehead atoms. The van der Waals surface area contributed by atoms with Gasteiger partial charge in [-0.2, -0.15) is 0 Å². The van der Waals surface area contributed by atoms with Crippen LogP contribution in [-0.4, -0.2) is 46.3 Å². The van der Waals surface area contributed by atoms with Gasteiger partial charge in [-0.3, -0.25) is 19.4 Å². The second-order valence-corrected chi connectivity index (χ2v) is 6.90. The van der Waals surface area contributed by atoms with E-state index in [1.165, 1.54) is 0 Å². The molecule has 0 spiro atoms. The van der Waals surface area contributed by atoms with Crippen molar-refractivity contribution in [3.63, 3.8) is 0 Å². The Morgan fingerprint density at radius 1 is 1.10 bits per heavy atom. The number of amides is 3. The summed E-state index contributed by atoms with van der Waals surface area (Å²) in [7, 11) is 3.42. The van der Waals surface area contributed by atoms with Crippen LogP contribution in [0.3, 0.4) is 0 Å². The molecule has 10 heteroatoms. The summed E-state index contributed by atoms with van der Waals surface area (Å²) in [5.74, 6) is -0.102. The first-order valence-corrected chi connectivity index (χ1v) is 9.77. The summed E-state index contributed by atoms with van der Waals surface area (Å²) in [6.07, 6.45) is 6.35. The van der Waals surface area contributed by atoms with Gasteiger partial charge in [-0.15, -0.1) is 0 Å². The lowest BCUT2D eigenvalue weighted by Gasteiger charge is -2.06. The standard InChI is InChI=1S/C20H29N7O3/c1-4-5-7-22-18(21)6-8-23-19(29)16-10-15(12-27(16)3)25-20(30)17-9-14(24-13-28)11-26(17)2/h9-13H,4-8H2,1-3H3,(H2,21,22)(H,23,29)(H,24,28)(H,25,30). The molecular weight excluding hydrogens is 386 g/mol.